The number of anilines is 1. The Kier molecular flexibility index (Phi) is 9.28. The maximum absolute atomic E-state index is 13.4. The standard InChI is InChI=1S/C29H28N6O5S/c1-17-25(41-29(32-17)35-28(30)31)27(39)33-21-12-20(13-22(14-21)40-16-18-8-4-2-5-9-18)26(38)34-23(15-24(36)37)19-10-6-3-7-11-19/h2-14,23H,15-16H2,1H3,(H,33,39)(H,34,38)(H,36,37)(H4,30,31,32,35). The van der Waals surface area contributed by atoms with Crippen LogP contribution >= 0.6 is 11.3 Å². The van der Waals surface area contributed by atoms with Gasteiger partial charge in [0.15, 0.2) is 5.96 Å². The summed E-state index contributed by atoms with van der Waals surface area (Å²) in [7, 11) is 0. The Hall–Kier alpha value is -5.23. The van der Waals surface area contributed by atoms with Crippen LogP contribution in [0.25, 0.3) is 0 Å². The van der Waals surface area contributed by atoms with Crippen LogP contribution in [0.2, 0.25) is 0 Å². The first-order valence-electron chi connectivity index (χ1n) is 12.5. The average Bonchev–Trinajstić information content (AvgIpc) is 3.31. The van der Waals surface area contributed by atoms with Crippen molar-refractivity contribution in [3.8, 4) is 5.75 Å². The number of carbonyl (C=O) groups is 3. The lowest BCUT2D eigenvalue weighted by molar-refractivity contribution is -0.137. The van der Waals surface area contributed by atoms with Crippen molar-refractivity contribution in [2.75, 3.05) is 5.32 Å². The summed E-state index contributed by atoms with van der Waals surface area (Å²) in [6, 6.07) is 22.1. The van der Waals surface area contributed by atoms with Crippen molar-refractivity contribution in [3.63, 3.8) is 0 Å². The second kappa shape index (κ2) is 13.2. The number of hydrogen-bond donors (Lipinski definition) is 5. The summed E-state index contributed by atoms with van der Waals surface area (Å²) in [5.41, 5.74) is 13.3. The number of thiazole rings is 1. The number of nitrogens with two attached hydrogens (primary N) is 2. The fraction of sp³-hybridized carbons (Fsp3) is 0.138. The van der Waals surface area contributed by atoms with Gasteiger partial charge in [0.05, 0.1) is 18.2 Å². The second-order valence-electron chi connectivity index (χ2n) is 8.96. The van der Waals surface area contributed by atoms with Crippen molar-refractivity contribution in [3.05, 3.63) is 106 Å². The third-order valence-electron chi connectivity index (χ3n) is 5.78. The monoisotopic (exact) mass is 572 g/mol. The fourth-order valence-corrected chi connectivity index (χ4v) is 4.77. The molecule has 0 aliphatic rings. The molecule has 0 spiro atoms. The fourth-order valence-electron chi connectivity index (χ4n) is 3.92. The van der Waals surface area contributed by atoms with Crippen molar-refractivity contribution in [1.82, 2.24) is 10.3 Å². The van der Waals surface area contributed by atoms with E-state index >= 15 is 0 Å². The molecule has 1 atom stereocenters. The molecule has 41 heavy (non-hydrogen) atoms. The number of carboxylic acid groups (broad SMARTS) is 1. The predicted molar refractivity (Wildman–Crippen MR) is 156 cm³/mol. The van der Waals surface area contributed by atoms with Crippen molar-refractivity contribution in [2.24, 2.45) is 16.5 Å². The zero-order valence-electron chi connectivity index (χ0n) is 22.0. The van der Waals surface area contributed by atoms with Crippen LogP contribution in [-0.2, 0) is 11.4 Å². The Morgan fingerprint density at radius 2 is 1.68 bits per heavy atom. The lowest BCUT2D eigenvalue weighted by Crippen LogP contribution is -2.30. The van der Waals surface area contributed by atoms with Crippen LogP contribution in [0.1, 0.15) is 49.3 Å². The van der Waals surface area contributed by atoms with E-state index in [2.05, 4.69) is 20.6 Å². The van der Waals surface area contributed by atoms with E-state index in [4.69, 9.17) is 16.2 Å². The van der Waals surface area contributed by atoms with Crippen LogP contribution in [0.4, 0.5) is 10.8 Å². The summed E-state index contributed by atoms with van der Waals surface area (Å²) < 4.78 is 5.96. The van der Waals surface area contributed by atoms with E-state index in [-0.39, 0.29) is 40.2 Å². The number of carboxylic acids is 1. The number of nitrogens with zero attached hydrogens (tertiary/aromatic N) is 2. The molecule has 2 amide bonds. The molecular formula is C29H28N6O5S. The maximum Gasteiger partial charge on any atom is 0.305 e. The minimum Gasteiger partial charge on any atom is -0.489 e. The van der Waals surface area contributed by atoms with Crippen molar-refractivity contribution in [1.29, 1.82) is 0 Å². The normalized spacial score (nSPS) is 11.2. The van der Waals surface area contributed by atoms with Crippen molar-refractivity contribution >= 4 is 45.9 Å². The number of aryl methyl sites for hydroxylation is 1. The Bertz CT molecular complexity index is 1570. The Morgan fingerprint density at radius 1 is 1.00 bits per heavy atom. The quantitative estimate of drug-likeness (QED) is 0.131. The van der Waals surface area contributed by atoms with Gasteiger partial charge in [-0.15, -0.1) is 0 Å². The van der Waals surface area contributed by atoms with E-state index in [0.29, 0.717) is 17.0 Å². The highest BCUT2D eigenvalue weighted by Crippen LogP contribution is 2.28. The van der Waals surface area contributed by atoms with Crippen LogP contribution in [0.15, 0.2) is 83.9 Å². The van der Waals surface area contributed by atoms with E-state index in [0.717, 1.165) is 16.9 Å². The lowest BCUT2D eigenvalue weighted by Gasteiger charge is -2.18. The van der Waals surface area contributed by atoms with Gasteiger partial charge >= 0.3 is 5.97 Å². The largest absolute Gasteiger partial charge is 0.489 e. The van der Waals surface area contributed by atoms with E-state index < -0.39 is 23.8 Å². The van der Waals surface area contributed by atoms with E-state index in [1.165, 1.54) is 12.1 Å². The number of benzene rings is 3. The zero-order valence-corrected chi connectivity index (χ0v) is 22.9. The smallest absolute Gasteiger partial charge is 0.305 e. The molecule has 1 heterocycles. The molecule has 1 unspecified atom stereocenters. The molecule has 0 saturated heterocycles. The van der Waals surface area contributed by atoms with Gasteiger partial charge in [-0.3, -0.25) is 14.4 Å². The molecule has 0 bridgehead atoms. The molecule has 1 aromatic heterocycles. The Labute approximate surface area is 239 Å². The van der Waals surface area contributed by atoms with Gasteiger partial charge < -0.3 is 31.9 Å². The summed E-state index contributed by atoms with van der Waals surface area (Å²) in [4.78, 5) is 46.4. The topological polar surface area (TPSA) is 182 Å². The molecule has 11 nitrogen and oxygen atoms in total. The molecule has 0 radical (unpaired) electrons. The maximum atomic E-state index is 13.4. The van der Waals surface area contributed by atoms with Gasteiger partial charge in [0, 0.05) is 17.3 Å². The minimum atomic E-state index is -1.06. The summed E-state index contributed by atoms with van der Waals surface area (Å²) in [6.07, 6.45) is -0.313. The SMILES string of the molecule is Cc1nc(N=C(N)N)sc1C(=O)Nc1cc(OCc2ccccc2)cc(C(=O)NC(CC(=O)O)c2ccccc2)c1. The van der Waals surface area contributed by atoms with Gasteiger partial charge in [0.1, 0.15) is 17.2 Å². The first kappa shape index (κ1) is 28.8. The number of aliphatic carboxylic acids is 1. The van der Waals surface area contributed by atoms with Crippen LogP contribution in [0.3, 0.4) is 0 Å². The lowest BCUT2D eigenvalue weighted by atomic mass is 10.0. The number of hydrogen-bond acceptors (Lipinski definition) is 7. The molecule has 4 rings (SSSR count). The third-order valence-corrected chi connectivity index (χ3v) is 6.83. The Balaban J connectivity index is 1.62. The summed E-state index contributed by atoms with van der Waals surface area (Å²) >= 11 is 1.01. The molecule has 0 aliphatic heterocycles. The number of aromatic nitrogens is 1. The van der Waals surface area contributed by atoms with Crippen molar-refractivity contribution in [2.45, 2.75) is 26.0 Å². The number of aliphatic imine (C=N–C) groups is 1. The third kappa shape index (κ3) is 8.13. The van der Waals surface area contributed by atoms with Crippen molar-refractivity contribution < 1.29 is 24.2 Å². The number of amides is 2. The summed E-state index contributed by atoms with van der Waals surface area (Å²) in [5.74, 6) is -1.93. The van der Waals surface area contributed by atoms with Gasteiger partial charge in [0.25, 0.3) is 11.8 Å². The molecular weight excluding hydrogens is 544 g/mol. The van der Waals surface area contributed by atoms with Gasteiger partial charge in [0.2, 0.25) is 5.13 Å². The van der Waals surface area contributed by atoms with Gasteiger partial charge in [-0.2, -0.15) is 4.99 Å². The molecule has 7 N–H and O–H groups in total. The summed E-state index contributed by atoms with van der Waals surface area (Å²) in [6.45, 7) is 1.88. The zero-order chi connectivity index (χ0) is 29.4. The molecule has 210 valence electrons. The number of nitrogens with one attached hydrogen (secondary N) is 2. The van der Waals surface area contributed by atoms with Crippen LogP contribution in [-0.4, -0.2) is 33.8 Å². The van der Waals surface area contributed by atoms with Gasteiger partial charge in [-0.05, 0) is 30.2 Å². The predicted octanol–water partition coefficient (Wildman–Crippen LogP) is 4.13. The molecule has 0 saturated carbocycles. The minimum absolute atomic E-state index is 0.166. The van der Waals surface area contributed by atoms with E-state index in [1.54, 1.807) is 43.3 Å². The molecule has 12 heteroatoms. The first-order valence-corrected chi connectivity index (χ1v) is 13.3. The summed E-state index contributed by atoms with van der Waals surface area (Å²) in [5, 5.41) is 15.2. The van der Waals surface area contributed by atoms with Gasteiger partial charge in [-0.25, -0.2) is 4.98 Å². The second-order valence-corrected chi connectivity index (χ2v) is 9.93. The molecule has 3 aromatic carbocycles. The molecule has 0 fully saturated rings. The number of ether oxygens (including phenoxy) is 1. The highest BCUT2D eigenvalue weighted by atomic mass is 32.1. The van der Waals surface area contributed by atoms with E-state index in [1.807, 2.05) is 30.3 Å². The molecule has 4 aromatic rings. The van der Waals surface area contributed by atoms with Crippen LogP contribution in [0, 0.1) is 6.92 Å². The first-order chi connectivity index (χ1) is 19.7. The number of guanidine groups is 1. The number of rotatable bonds is 11. The average molecular weight is 573 g/mol. The highest BCUT2D eigenvalue weighted by molar-refractivity contribution is 7.17. The Morgan fingerprint density at radius 3 is 2.34 bits per heavy atom. The molecule has 0 aliphatic carbocycles. The van der Waals surface area contributed by atoms with E-state index in [9.17, 15) is 19.5 Å². The highest BCUT2D eigenvalue weighted by Gasteiger charge is 2.21. The van der Waals surface area contributed by atoms with Gasteiger partial charge in [-0.1, -0.05) is 72.0 Å². The van der Waals surface area contributed by atoms with Crippen LogP contribution in [0.5, 0.6) is 5.75 Å². The van der Waals surface area contributed by atoms with Crippen LogP contribution < -0.4 is 26.8 Å². The number of carbonyl (C=O) groups excluding carboxylic acids is 2.